The van der Waals surface area contributed by atoms with Crippen LogP contribution in [0.3, 0.4) is 0 Å². The minimum atomic E-state index is 0.0215. The lowest BCUT2D eigenvalue weighted by molar-refractivity contribution is 0.385. The van der Waals surface area contributed by atoms with Crippen molar-refractivity contribution in [3.8, 4) is 6.07 Å². The standard InChI is InChI=1S/C14H15N3O/c1-11-9-13(17-18-11)10-16-14(7-8-15)12-5-3-2-4-6-12/h2-6,9,14,16H,7,10H2,1H3. The molecule has 0 saturated carbocycles. The molecule has 0 aliphatic heterocycles. The van der Waals surface area contributed by atoms with Crippen molar-refractivity contribution in [2.24, 2.45) is 0 Å². The Morgan fingerprint density at radius 3 is 2.78 bits per heavy atom. The summed E-state index contributed by atoms with van der Waals surface area (Å²) in [5.41, 5.74) is 1.96. The van der Waals surface area contributed by atoms with E-state index < -0.39 is 0 Å². The van der Waals surface area contributed by atoms with Crippen LogP contribution in [0.4, 0.5) is 0 Å². The van der Waals surface area contributed by atoms with Gasteiger partial charge >= 0.3 is 0 Å². The molecule has 4 heteroatoms. The van der Waals surface area contributed by atoms with Gasteiger partial charge < -0.3 is 9.84 Å². The zero-order valence-corrected chi connectivity index (χ0v) is 10.3. The maximum atomic E-state index is 8.88. The summed E-state index contributed by atoms with van der Waals surface area (Å²) in [6.07, 6.45) is 0.431. The molecule has 0 radical (unpaired) electrons. The number of aromatic nitrogens is 1. The highest BCUT2D eigenvalue weighted by Crippen LogP contribution is 2.16. The number of rotatable bonds is 5. The molecule has 0 bridgehead atoms. The van der Waals surface area contributed by atoms with Crippen molar-refractivity contribution in [2.75, 3.05) is 0 Å². The van der Waals surface area contributed by atoms with Gasteiger partial charge in [0.2, 0.25) is 0 Å². The van der Waals surface area contributed by atoms with Crippen LogP contribution in [0, 0.1) is 18.3 Å². The van der Waals surface area contributed by atoms with Crippen molar-refractivity contribution in [3.63, 3.8) is 0 Å². The molecule has 0 aliphatic carbocycles. The average Bonchev–Trinajstić information content (AvgIpc) is 2.81. The van der Waals surface area contributed by atoms with Crippen molar-refractivity contribution >= 4 is 0 Å². The lowest BCUT2D eigenvalue weighted by Gasteiger charge is -2.15. The van der Waals surface area contributed by atoms with E-state index >= 15 is 0 Å². The Morgan fingerprint density at radius 2 is 2.17 bits per heavy atom. The highest BCUT2D eigenvalue weighted by molar-refractivity contribution is 5.20. The van der Waals surface area contributed by atoms with Crippen molar-refractivity contribution in [1.29, 1.82) is 5.26 Å². The lowest BCUT2D eigenvalue weighted by atomic mass is 10.0. The second-order valence-corrected chi connectivity index (χ2v) is 4.14. The third-order valence-corrected chi connectivity index (χ3v) is 2.70. The Morgan fingerprint density at radius 1 is 1.39 bits per heavy atom. The number of nitriles is 1. The Hall–Kier alpha value is -2.12. The van der Waals surface area contributed by atoms with Gasteiger partial charge in [0.1, 0.15) is 5.76 Å². The van der Waals surface area contributed by atoms with E-state index in [4.69, 9.17) is 9.78 Å². The van der Waals surface area contributed by atoms with E-state index in [0.717, 1.165) is 17.0 Å². The zero-order valence-electron chi connectivity index (χ0n) is 10.3. The summed E-state index contributed by atoms with van der Waals surface area (Å²) in [6.45, 7) is 2.46. The number of nitrogens with one attached hydrogen (secondary N) is 1. The molecule has 1 heterocycles. The van der Waals surface area contributed by atoms with E-state index in [0.29, 0.717) is 13.0 Å². The van der Waals surface area contributed by atoms with Crippen molar-refractivity contribution in [3.05, 3.63) is 53.4 Å². The molecule has 1 N–H and O–H groups in total. The highest BCUT2D eigenvalue weighted by Gasteiger charge is 2.11. The Bertz CT molecular complexity index is 527. The first kappa shape index (κ1) is 12.3. The average molecular weight is 241 g/mol. The summed E-state index contributed by atoms with van der Waals surface area (Å²) in [5.74, 6) is 0.795. The Balaban J connectivity index is 2.01. The van der Waals surface area contributed by atoms with Crippen LogP contribution in [0.5, 0.6) is 0 Å². The number of nitrogens with zero attached hydrogens (tertiary/aromatic N) is 2. The molecule has 0 spiro atoms. The molecular weight excluding hydrogens is 226 g/mol. The first-order valence-corrected chi connectivity index (χ1v) is 5.87. The van der Waals surface area contributed by atoms with Crippen LogP contribution in [0.15, 0.2) is 40.9 Å². The summed E-state index contributed by atoms with van der Waals surface area (Å²) in [7, 11) is 0. The normalized spacial score (nSPS) is 12.0. The van der Waals surface area contributed by atoms with Crippen LogP contribution >= 0.6 is 0 Å². The number of aryl methyl sites for hydroxylation is 1. The number of hydrogen-bond donors (Lipinski definition) is 1. The maximum absolute atomic E-state index is 8.88. The van der Waals surface area contributed by atoms with E-state index in [1.54, 1.807) is 0 Å². The first-order chi connectivity index (χ1) is 8.79. The van der Waals surface area contributed by atoms with Gasteiger partial charge in [0.25, 0.3) is 0 Å². The Labute approximate surface area is 106 Å². The first-order valence-electron chi connectivity index (χ1n) is 5.87. The van der Waals surface area contributed by atoms with Crippen LogP contribution in [0.25, 0.3) is 0 Å². The summed E-state index contributed by atoms with van der Waals surface area (Å²) in [5, 5.41) is 16.1. The monoisotopic (exact) mass is 241 g/mol. The van der Waals surface area contributed by atoms with E-state index in [1.807, 2.05) is 43.3 Å². The topological polar surface area (TPSA) is 61.9 Å². The largest absolute Gasteiger partial charge is 0.361 e. The van der Waals surface area contributed by atoms with Crippen molar-refractivity contribution in [2.45, 2.75) is 25.9 Å². The van der Waals surface area contributed by atoms with E-state index in [-0.39, 0.29) is 6.04 Å². The fourth-order valence-corrected chi connectivity index (χ4v) is 1.81. The fraction of sp³-hybridized carbons (Fsp3) is 0.286. The summed E-state index contributed by atoms with van der Waals surface area (Å²) >= 11 is 0. The molecular formula is C14H15N3O. The lowest BCUT2D eigenvalue weighted by Crippen LogP contribution is -2.20. The molecule has 1 unspecified atom stereocenters. The predicted molar refractivity (Wildman–Crippen MR) is 67.5 cm³/mol. The smallest absolute Gasteiger partial charge is 0.133 e. The molecule has 92 valence electrons. The second-order valence-electron chi connectivity index (χ2n) is 4.14. The van der Waals surface area contributed by atoms with Crippen LogP contribution < -0.4 is 5.32 Å². The van der Waals surface area contributed by atoms with Gasteiger partial charge in [-0.15, -0.1) is 0 Å². The van der Waals surface area contributed by atoms with E-state index in [1.165, 1.54) is 0 Å². The van der Waals surface area contributed by atoms with Crippen LogP contribution in [0.2, 0.25) is 0 Å². The van der Waals surface area contributed by atoms with Crippen LogP contribution in [0.1, 0.15) is 29.5 Å². The number of benzene rings is 1. The molecule has 1 aromatic heterocycles. The van der Waals surface area contributed by atoms with Crippen LogP contribution in [-0.4, -0.2) is 5.16 Å². The minimum Gasteiger partial charge on any atom is -0.361 e. The van der Waals surface area contributed by atoms with E-state index in [9.17, 15) is 0 Å². The second kappa shape index (κ2) is 5.99. The summed E-state index contributed by atoms with van der Waals surface area (Å²) in [6, 6.07) is 14.1. The molecule has 0 aliphatic rings. The van der Waals surface area contributed by atoms with Gasteiger partial charge in [0, 0.05) is 18.7 Å². The van der Waals surface area contributed by atoms with Gasteiger partial charge in [-0.3, -0.25) is 0 Å². The SMILES string of the molecule is Cc1cc(CNC(CC#N)c2ccccc2)no1. The molecule has 0 saturated heterocycles. The van der Waals surface area contributed by atoms with Gasteiger partial charge in [0.05, 0.1) is 18.2 Å². The van der Waals surface area contributed by atoms with Gasteiger partial charge in [-0.1, -0.05) is 35.5 Å². The fourth-order valence-electron chi connectivity index (χ4n) is 1.81. The quantitative estimate of drug-likeness (QED) is 0.874. The predicted octanol–water partition coefficient (Wildman–Crippen LogP) is 2.73. The third-order valence-electron chi connectivity index (χ3n) is 2.70. The molecule has 0 amide bonds. The number of hydrogen-bond acceptors (Lipinski definition) is 4. The Kier molecular flexibility index (Phi) is 4.11. The maximum Gasteiger partial charge on any atom is 0.133 e. The molecule has 2 aromatic rings. The molecule has 1 atom stereocenters. The van der Waals surface area contributed by atoms with Gasteiger partial charge in [-0.2, -0.15) is 5.26 Å². The molecule has 4 nitrogen and oxygen atoms in total. The molecule has 2 rings (SSSR count). The van der Waals surface area contributed by atoms with Gasteiger partial charge in [-0.25, -0.2) is 0 Å². The molecule has 1 aromatic carbocycles. The molecule has 18 heavy (non-hydrogen) atoms. The van der Waals surface area contributed by atoms with Crippen LogP contribution in [-0.2, 0) is 6.54 Å². The zero-order chi connectivity index (χ0) is 12.8. The van der Waals surface area contributed by atoms with Gasteiger partial charge in [0.15, 0.2) is 0 Å². The van der Waals surface area contributed by atoms with Crippen molar-refractivity contribution in [1.82, 2.24) is 10.5 Å². The molecule has 0 fully saturated rings. The van der Waals surface area contributed by atoms with Gasteiger partial charge in [-0.05, 0) is 12.5 Å². The van der Waals surface area contributed by atoms with E-state index in [2.05, 4.69) is 16.5 Å². The minimum absolute atomic E-state index is 0.0215. The highest BCUT2D eigenvalue weighted by atomic mass is 16.5. The third kappa shape index (κ3) is 3.19. The summed E-state index contributed by atoms with van der Waals surface area (Å²) < 4.78 is 5.01. The summed E-state index contributed by atoms with van der Waals surface area (Å²) in [4.78, 5) is 0. The van der Waals surface area contributed by atoms with Crippen molar-refractivity contribution < 1.29 is 4.52 Å².